The third-order valence-electron chi connectivity index (χ3n) is 3.88. The number of carboxylic acid groups (broad SMARTS) is 1. The van der Waals surface area contributed by atoms with Crippen molar-refractivity contribution in [3.8, 4) is 0 Å². The van der Waals surface area contributed by atoms with Gasteiger partial charge in [0.15, 0.2) is 0 Å². The molecule has 1 aromatic rings. The minimum Gasteiger partial charge on any atom is -0.480 e. The summed E-state index contributed by atoms with van der Waals surface area (Å²) in [4.78, 5) is 20.6. The smallest absolute Gasteiger partial charge is 0.480 e. The molecule has 0 spiro atoms. The highest BCUT2D eigenvalue weighted by Gasteiger charge is 2.54. The van der Waals surface area contributed by atoms with Crippen molar-refractivity contribution in [3.05, 3.63) is 35.4 Å². The van der Waals surface area contributed by atoms with Gasteiger partial charge in [-0.15, -0.1) is 0 Å². The molecule has 2 N–H and O–H groups in total. The Labute approximate surface area is 178 Å². The number of hydrogen-bond donors (Lipinski definition) is 2. The van der Waals surface area contributed by atoms with Crippen molar-refractivity contribution >= 4 is 22.1 Å². The highest BCUT2D eigenvalue weighted by molar-refractivity contribution is 7.88. The maximum absolute atomic E-state index is 11.3. The van der Waals surface area contributed by atoms with Crippen LogP contribution in [0.5, 0.6) is 0 Å². The lowest BCUT2D eigenvalue weighted by Crippen LogP contribution is -2.34. The molecule has 2 heterocycles. The average molecular weight is 495 g/mol. The summed E-state index contributed by atoms with van der Waals surface area (Å²) in [6, 6.07) is 7.17. The van der Waals surface area contributed by atoms with Crippen LogP contribution in [0.3, 0.4) is 0 Å². The number of carbonyl (C=O) groups is 2. The van der Waals surface area contributed by atoms with Gasteiger partial charge in [-0.1, -0.05) is 24.3 Å². The van der Waals surface area contributed by atoms with Gasteiger partial charge in [0.05, 0.1) is 0 Å². The van der Waals surface area contributed by atoms with Crippen molar-refractivity contribution in [1.82, 2.24) is 5.32 Å². The van der Waals surface area contributed by atoms with Crippen LogP contribution in [-0.4, -0.2) is 56.9 Å². The van der Waals surface area contributed by atoms with E-state index in [1.165, 1.54) is 12.8 Å². The molecule has 8 nitrogen and oxygen atoms in total. The van der Waals surface area contributed by atoms with Gasteiger partial charge in [-0.3, -0.25) is 4.79 Å². The number of hydrogen-bond acceptors (Lipinski definition) is 7. The Morgan fingerprint density at radius 2 is 1.62 bits per heavy atom. The lowest BCUT2D eigenvalue weighted by Gasteiger charge is -2.23. The summed E-state index contributed by atoms with van der Waals surface area (Å²) in [6.45, 7) is 2.74. The van der Waals surface area contributed by atoms with Crippen molar-refractivity contribution in [1.29, 1.82) is 0 Å². The van der Waals surface area contributed by atoms with Gasteiger partial charge in [0, 0.05) is 19.8 Å². The maximum Gasteiger partial charge on any atom is 0.534 e. The fraction of sp³-hybridized carbons (Fsp3) is 0.529. The fourth-order valence-electron chi connectivity index (χ4n) is 2.43. The van der Waals surface area contributed by atoms with E-state index in [0.29, 0.717) is 0 Å². The van der Waals surface area contributed by atoms with Crippen molar-refractivity contribution in [2.45, 2.75) is 37.0 Å². The predicted octanol–water partition coefficient (Wildman–Crippen LogP) is 2.70. The van der Waals surface area contributed by atoms with Crippen molar-refractivity contribution in [2.75, 3.05) is 19.8 Å². The second-order valence-electron chi connectivity index (χ2n) is 6.26. The molecule has 1 atom stereocenters. The van der Waals surface area contributed by atoms with Crippen LogP contribution in [0.4, 0.5) is 26.3 Å². The van der Waals surface area contributed by atoms with Crippen LogP contribution in [0.1, 0.15) is 30.0 Å². The molecule has 3 rings (SSSR count). The number of rotatable bonds is 2. The van der Waals surface area contributed by atoms with Crippen LogP contribution in [-0.2, 0) is 35.0 Å². The first-order chi connectivity index (χ1) is 14.7. The number of aliphatic carboxylic acids is 1. The first kappa shape index (κ1) is 27.6. The first-order valence-corrected chi connectivity index (χ1v) is 10.3. The molecule has 0 radical (unpaired) electrons. The molecule has 2 aliphatic heterocycles. The molecule has 2 aliphatic rings. The molecule has 0 amide bonds. The highest BCUT2D eigenvalue weighted by atomic mass is 32.2. The minimum atomic E-state index is -6.55. The third kappa shape index (κ3) is 8.63. The van der Waals surface area contributed by atoms with E-state index >= 15 is 0 Å². The molecule has 0 aromatic heterocycles. The standard InChI is InChI=1S/C10H11NO2.C4H8O.C3F6O4S/c12-10(13)9-8-4-2-1-3-7(8)5-6-11-9;1-2-4-5-3-1;4-2(5,6)1(10)13-14(11,12)3(7,8)9/h1-4,9,11H,5-6H2,(H,12,13);1-4H2;. The zero-order valence-corrected chi connectivity index (χ0v) is 17.0. The van der Waals surface area contributed by atoms with Crippen molar-refractivity contribution in [3.63, 3.8) is 0 Å². The monoisotopic (exact) mass is 495 g/mol. The van der Waals surface area contributed by atoms with E-state index in [-0.39, 0.29) is 0 Å². The van der Waals surface area contributed by atoms with Gasteiger partial charge in [-0.25, -0.2) is 4.79 Å². The topological polar surface area (TPSA) is 119 Å². The summed E-state index contributed by atoms with van der Waals surface area (Å²) >= 11 is 0. The largest absolute Gasteiger partial charge is 0.534 e. The number of alkyl halides is 6. The van der Waals surface area contributed by atoms with Crippen LogP contribution in [0.2, 0.25) is 0 Å². The Morgan fingerprint density at radius 3 is 2.06 bits per heavy atom. The summed E-state index contributed by atoms with van der Waals surface area (Å²) in [5.41, 5.74) is -4.02. The number of fused-ring (bicyclic) bond motifs is 1. The highest BCUT2D eigenvalue weighted by Crippen LogP contribution is 2.27. The van der Waals surface area contributed by atoms with Crippen LogP contribution < -0.4 is 5.32 Å². The molecule has 0 bridgehead atoms. The van der Waals surface area contributed by atoms with Gasteiger partial charge in [-0.2, -0.15) is 34.8 Å². The lowest BCUT2D eigenvalue weighted by atomic mass is 9.95. The zero-order chi connectivity index (χ0) is 24.6. The molecule has 1 aromatic carbocycles. The molecule has 1 fully saturated rings. The van der Waals surface area contributed by atoms with E-state index in [2.05, 4.69) is 9.50 Å². The fourth-order valence-corrected chi connectivity index (χ4v) is 2.82. The van der Waals surface area contributed by atoms with Crippen LogP contribution in [0.25, 0.3) is 0 Å². The van der Waals surface area contributed by atoms with Gasteiger partial charge < -0.3 is 19.3 Å². The molecule has 0 saturated carbocycles. The molecule has 182 valence electrons. The number of nitrogens with one attached hydrogen (secondary N) is 1. The predicted molar refractivity (Wildman–Crippen MR) is 95.7 cm³/mol. The van der Waals surface area contributed by atoms with Gasteiger partial charge >= 0.3 is 33.7 Å². The molecule has 1 unspecified atom stereocenters. The second kappa shape index (κ2) is 11.5. The number of carboxylic acids is 1. The van der Waals surface area contributed by atoms with Crippen LogP contribution >= 0.6 is 0 Å². The second-order valence-corrected chi connectivity index (χ2v) is 7.80. The van der Waals surface area contributed by atoms with Crippen LogP contribution in [0.15, 0.2) is 24.3 Å². The van der Waals surface area contributed by atoms with Gasteiger partial charge in [-0.05, 0) is 30.4 Å². The summed E-state index contributed by atoms with van der Waals surface area (Å²) in [5.74, 6) is -4.25. The number of benzene rings is 1. The normalized spacial score (nSPS) is 18.2. The number of carbonyl (C=O) groups excluding carboxylic acids is 1. The lowest BCUT2D eigenvalue weighted by molar-refractivity contribution is -0.190. The van der Waals surface area contributed by atoms with Gasteiger partial charge in [0.1, 0.15) is 6.04 Å². The Balaban J connectivity index is 0.000000263. The molecule has 32 heavy (non-hydrogen) atoms. The summed E-state index contributed by atoms with van der Waals surface area (Å²) in [6.07, 6.45) is -2.34. The average Bonchev–Trinajstić information content (AvgIpc) is 3.26. The summed E-state index contributed by atoms with van der Waals surface area (Å²) in [5, 5.41) is 11.9. The van der Waals surface area contributed by atoms with Gasteiger partial charge in [0.25, 0.3) is 0 Å². The number of halogens is 6. The molecule has 1 saturated heterocycles. The first-order valence-electron chi connectivity index (χ1n) is 8.90. The Kier molecular flexibility index (Phi) is 9.91. The van der Waals surface area contributed by atoms with Crippen molar-refractivity contribution < 1.29 is 58.4 Å². The van der Waals surface area contributed by atoms with Gasteiger partial charge in [0.2, 0.25) is 0 Å². The molecule has 0 aliphatic carbocycles. The molecule has 15 heteroatoms. The SMILES string of the molecule is C1CCOC1.O=C(O)C1NCCc2ccccc21.O=C(OS(=O)(=O)C(F)(F)F)C(F)(F)F. The molecular formula is C17H19F6NO7S. The van der Waals surface area contributed by atoms with Crippen molar-refractivity contribution in [2.24, 2.45) is 0 Å². The van der Waals surface area contributed by atoms with E-state index < -0.39 is 39.8 Å². The minimum absolute atomic E-state index is 0.523. The molecular weight excluding hydrogens is 476 g/mol. The van der Waals surface area contributed by atoms with E-state index in [1.54, 1.807) is 0 Å². The Bertz CT molecular complexity index is 875. The van der Waals surface area contributed by atoms with Crippen LogP contribution in [0, 0.1) is 0 Å². The van der Waals surface area contributed by atoms with E-state index in [9.17, 15) is 44.3 Å². The summed E-state index contributed by atoms with van der Waals surface area (Å²) in [7, 11) is -6.55. The third-order valence-corrected chi connectivity index (χ3v) is 4.82. The summed E-state index contributed by atoms with van der Waals surface area (Å²) < 4.78 is 94.7. The van der Waals surface area contributed by atoms with E-state index in [0.717, 1.165) is 37.3 Å². The van der Waals surface area contributed by atoms with E-state index in [4.69, 9.17) is 9.84 Å². The quantitative estimate of drug-likeness (QED) is 0.365. The maximum atomic E-state index is 11.3. The number of ether oxygens (including phenoxy) is 1. The van der Waals surface area contributed by atoms with E-state index in [1.807, 2.05) is 24.3 Å². The Morgan fingerprint density at radius 1 is 1.06 bits per heavy atom. The Hall–Kier alpha value is -2.39. The zero-order valence-electron chi connectivity index (χ0n) is 16.2.